The number of anilines is 2. The van der Waals surface area contributed by atoms with Crippen LogP contribution in [0, 0.1) is 0 Å². The maximum atomic E-state index is 12.9. The van der Waals surface area contributed by atoms with Crippen LogP contribution >= 0.6 is 12.2 Å². The average molecular weight is 382 g/mol. The molecule has 7 heteroatoms. The number of hydrogen-bond donors (Lipinski definition) is 3. The fourth-order valence-electron chi connectivity index (χ4n) is 3.00. The molecule has 0 unspecified atom stereocenters. The third-order valence-electron chi connectivity index (χ3n) is 4.43. The van der Waals surface area contributed by atoms with Crippen molar-refractivity contribution in [3.63, 3.8) is 0 Å². The van der Waals surface area contributed by atoms with Gasteiger partial charge in [-0.3, -0.25) is 4.79 Å². The molecule has 4 N–H and O–H groups in total. The molecule has 1 aliphatic heterocycles. The summed E-state index contributed by atoms with van der Waals surface area (Å²) in [6.45, 7) is 3.86. The molecule has 1 aromatic carbocycles. The third-order valence-corrected chi connectivity index (χ3v) is 4.73. The normalized spacial score (nSPS) is 14.3. The number of amides is 1. The van der Waals surface area contributed by atoms with Crippen molar-refractivity contribution < 1.29 is 4.79 Å². The van der Waals surface area contributed by atoms with Crippen LogP contribution < -0.4 is 16.4 Å². The number of thiocarbonyl (C=S) groups is 1. The van der Waals surface area contributed by atoms with Crippen LogP contribution in [0.1, 0.15) is 18.9 Å². The second-order valence-electron chi connectivity index (χ2n) is 6.25. The summed E-state index contributed by atoms with van der Waals surface area (Å²) in [6, 6.07) is 13.3. The number of rotatable bonds is 6. The second-order valence-corrected chi connectivity index (χ2v) is 6.66. The number of hydrogen-bond acceptors (Lipinski definition) is 5. The first kappa shape index (κ1) is 18.8. The van der Waals surface area contributed by atoms with Gasteiger partial charge in [-0.1, -0.05) is 30.4 Å². The Kier molecular flexibility index (Phi) is 6.03. The maximum absolute atomic E-state index is 12.9. The lowest BCUT2D eigenvalue weighted by Gasteiger charge is -2.30. The van der Waals surface area contributed by atoms with E-state index in [0.29, 0.717) is 36.0 Å². The van der Waals surface area contributed by atoms with Gasteiger partial charge in [0.15, 0.2) is 0 Å². The number of nitrogens with one attached hydrogen (secondary N) is 2. The molecule has 0 saturated heterocycles. The van der Waals surface area contributed by atoms with Crippen LogP contribution in [-0.4, -0.2) is 33.9 Å². The van der Waals surface area contributed by atoms with Crippen LogP contribution in [0.2, 0.25) is 0 Å². The molecular formula is C20H23N5OS. The fourth-order valence-corrected chi connectivity index (χ4v) is 3.33. The highest BCUT2D eigenvalue weighted by molar-refractivity contribution is 7.81. The predicted molar refractivity (Wildman–Crippen MR) is 112 cm³/mol. The summed E-state index contributed by atoms with van der Waals surface area (Å²) in [6.07, 6.45) is 2.40. The number of para-hydroxylation sites is 1. The molecule has 3 rings (SSSR count). The van der Waals surface area contributed by atoms with Crippen molar-refractivity contribution in [1.29, 1.82) is 0 Å². The number of nitrogens with zero attached hydrogens (tertiary/aromatic N) is 2. The Hall–Kier alpha value is -2.93. The van der Waals surface area contributed by atoms with Gasteiger partial charge in [0, 0.05) is 43.6 Å². The number of carbonyl (C=O) groups is 1. The molecule has 0 spiro atoms. The first-order valence-electron chi connectivity index (χ1n) is 8.91. The zero-order valence-corrected chi connectivity index (χ0v) is 16.1. The molecule has 1 aliphatic rings. The third kappa shape index (κ3) is 4.62. The van der Waals surface area contributed by atoms with E-state index in [1.165, 1.54) is 0 Å². The van der Waals surface area contributed by atoms with E-state index in [-0.39, 0.29) is 5.91 Å². The molecule has 1 amide bonds. The Bertz CT molecular complexity index is 866. The Balaban J connectivity index is 1.83. The van der Waals surface area contributed by atoms with Crippen LogP contribution in [0.3, 0.4) is 0 Å². The summed E-state index contributed by atoms with van der Waals surface area (Å²) >= 11 is 5.58. The molecule has 0 saturated carbocycles. The largest absolute Gasteiger partial charge is 0.384 e. The van der Waals surface area contributed by atoms with Gasteiger partial charge < -0.3 is 21.3 Å². The Morgan fingerprint density at radius 2 is 2.07 bits per heavy atom. The Morgan fingerprint density at radius 1 is 1.30 bits per heavy atom. The van der Waals surface area contributed by atoms with Crippen LogP contribution in [0.4, 0.5) is 11.5 Å². The summed E-state index contributed by atoms with van der Waals surface area (Å²) in [5.74, 6) is 0.426. The molecule has 2 aromatic rings. The highest BCUT2D eigenvalue weighted by atomic mass is 32.1. The quantitative estimate of drug-likeness (QED) is 0.668. The topological polar surface area (TPSA) is 83.3 Å². The number of benzene rings is 1. The minimum absolute atomic E-state index is 0.0473. The van der Waals surface area contributed by atoms with Gasteiger partial charge in [0.05, 0.1) is 5.57 Å². The van der Waals surface area contributed by atoms with Crippen molar-refractivity contribution in [2.75, 3.05) is 24.1 Å². The standard InChI is InChI=1S/C20H23N5OS/c1-2-25-11-9-16(23-13-14-8-10-22-17(21)12-14)18(20(25)26)19(27)24-15-6-4-3-5-7-15/h3-8,10,12,23H,2,9,11,13H2,1H3,(H2,21,22)(H,24,27). The molecule has 1 aromatic heterocycles. The molecule has 0 bridgehead atoms. The monoisotopic (exact) mass is 381 g/mol. The number of likely N-dealkylation sites (N-methyl/N-ethyl adjacent to an activating group) is 1. The molecule has 0 aliphatic carbocycles. The van der Waals surface area contributed by atoms with E-state index in [4.69, 9.17) is 18.0 Å². The van der Waals surface area contributed by atoms with Gasteiger partial charge in [0.1, 0.15) is 10.8 Å². The number of carbonyl (C=O) groups excluding carboxylic acids is 1. The van der Waals surface area contributed by atoms with Crippen LogP contribution in [0.25, 0.3) is 0 Å². The lowest BCUT2D eigenvalue weighted by atomic mass is 10.0. The minimum Gasteiger partial charge on any atom is -0.384 e. The molecule has 0 fully saturated rings. The van der Waals surface area contributed by atoms with E-state index in [1.807, 2.05) is 54.3 Å². The van der Waals surface area contributed by atoms with Gasteiger partial charge in [-0.25, -0.2) is 4.98 Å². The van der Waals surface area contributed by atoms with E-state index in [1.54, 1.807) is 6.20 Å². The first-order valence-corrected chi connectivity index (χ1v) is 9.32. The van der Waals surface area contributed by atoms with Gasteiger partial charge in [-0.05, 0) is 36.8 Å². The number of pyridine rings is 1. The van der Waals surface area contributed by atoms with Crippen molar-refractivity contribution >= 4 is 34.6 Å². The summed E-state index contributed by atoms with van der Waals surface area (Å²) in [4.78, 5) is 19.2. The zero-order valence-electron chi connectivity index (χ0n) is 15.2. The second kappa shape index (κ2) is 8.64. The number of aromatic nitrogens is 1. The molecule has 0 radical (unpaired) electrons. The van der Waals surface area contributed by atoms with E-state index in [2.05, 4.69) is 15.6 Å². The van der Waals surface area contributed by atoms with Crippen LogP contribution in [0.15, 0.2) is 59.9 Å². The first-order chi connectivity index (χ1) is 13.1. The molecule has 0 atom stereocenters. The average Bonchev–Trinajstić information content (AvgIpc) is 2.67. The van der Waals surface area contributed by atoms with E-state index >= 15 is 0 Å². The number of nitrogens with two attached hydrogens (primary N) is 1. The smallest absolute Gasteiger partial charge is 0.258 e. The summed E-state index contributed by atoms with van der Waals surface area (Å²) in [5.41, 5.74) is 8.99. The fraction of sp³-hybridized carbons (Fsp3) is 0.250. The molecule has 140 valence electrons. The highest BCUT2D eigenvalue weighted by Crippen LogP contribution is 2.21. The SMILES string of the molecule is CCN1CCC(NCc2ccnc(N)c2)=C(C(=S)Nc2ccccc2)C1=O. The Labute approximate surface area is 164 Å². The van der Waals surface area contributed by atoms with Crippen molar-refractivity contribution in [1.82, 2.24) is 15.2 Å². The maximum Gasteiger partial charge on any atom is 0.258 e. The molecule has 2 heterocycles. The van der Waals surface area contributed by atoms with Crippen molar-refractivity contribution in [3.05, 3.63) is 65.5 Å². The molecule has 6 nitrogen and oxygen atoms in total. The van der Waals surface area contributed by atoms with E-state index in [9.17, 15) is 4.79 Å². The van der Waals surface area contributed by atoms with Gasteiger partial charge in [-0.2, -0.15) is 0 Å². The minimum atomic E-state index is -0.0473. The van der Waals surface area contributed by atoms with Crippen LogP contribution in [0.5, 0.6) is 0 Å². The summed E-state index contributed by atoms with van der Waals surface area (Å²) in [5, 5.41) is 6.56. The van der Waals surface area contributed by atoms with Crippen molar-refractivity contribution in [3.8, 4) is 0 Å². The summed E-state index contributed by atoms with van der Waals surface area (Å²) in [7, 11) is 0. The van der Waals surface area contributed by atoms with Gasteiger partial charge >= 0.3 is 0 Å². The lowest BCUT2D eigenvalue weighted by Crippen LogP contribution is -2.42. The molecule has 27 heavy (non-hydrogen) atoms. The zero-order chi connectivity index (χ0) is 19.2. The van der Waals surface area contributed by atoms with E-state index in [0.717, 1.165) is 23.4 Å². The summed E-state index contributed by atoms with van der Waals surface area (Å²) < 4.78 is 0. The highest BCUT2D eigenvalue weighted by Gasteiger charge is 2.29. The van der Waals surface area contributed by atoms with Crippen molar-refractivity contribution in [2.45, 2.75) is 19.9 Å². The van der Waals surface area contributed by atoms with Crippen molar-refractivity contribution in [2.24, 2.45) is 0 Å². The van der Waals surface area contributed by atoms with Crippen LogP contribution in [-0.2, 0) is 11.3 Å². The lowest BCUT2D eigenvalue weighted by molar-refractivity contribution is -0.127. The van der Waals surface area contributed by atoms with Gasteiger partial charge in [0.25, 0.3) is 5.91 Å². The van der Waals surface area contributed by atoms with Gasteiger partial charge in [0.2, 0.25) is 0 Å². The number of nitrogen functional groups attached to an aromatic ring is 1. The molecular weight excluding hydrogens is 358 g/mol. The predicted octanol–water partition coefficient (Wildman–Crippen LogP) is 2.70. The Morgan fingerprint density at radius 3 is 2.78 bits per heavy atom. The van der Waals surface area contributed by atoms with Gasteiger partial charge in [-0.15, -0.1) is 0 Å². The van der Waals surface area contributed by atoms with E-state index < -0.39 is 0 Å².